The van der Waals surface area contributed by atoms with Crippen LogP contribution < -0.4 is 0 Å². The van der Waals surface area contributed by atoms with Crippen molar-refractivity contribution in [1.29, 1.82) is 0 Å². The Balaban J connectivity index is 1.62. The molecule has 4 aliphatic carbocycles. The fourth-order valence-corrected chi connectivity index (χ4v) is 8.01. The maximum atomic E-state index is 13.2. The molecular weight excluding hydrogens is 312 g/mol. The van der Waals surface area contributed by atoms with E-state index in [4.69, 9.17) is 9.47 Å². The molecule has 4 unspecified atom stereocenters. The zero-order valence-corrected chi connectivity index (χ0v) is 16.3. The Morgan fingerprint density at radius 2 is 1.56 bits per heavy atom. The molecule has 1 saturated heterocycles. The van der Waals surface area contributed by atoms with Gasteiger partial charge in [-0.15, -0.1) is 0 Å². The Hall–Kier alpha value is -0.410. The van der Waals surface area contributed by atoms with Gasteiger partial charge in [-0.3, -0.25) is 4.79 Å². The van der Waals surface area contributed by atoms with Crippen LogP contribution in [0.1, 0.15) is 79.1 Å². The second-order valence-corrected chi connectivity index (χ2v) is 10.6. The summed E-state index contributed by atoms with van der Waals surface area (Å²) in [6, 6.07) is 0. The molecule has 8 atom stereocenters. The lowest BCUT2D eigenvalue weighted by Gasteiger charge is -2.61. The Bertz CT molecular complexity index is 598. The number of carbonyl (C=O) groups is 1. The molecule has 3 nitrogen and oxygen atoms in total. The molecule has 1 aliphatic heterocycles. The number of rotatable bonds is 0. The van der Waals surface area contributed by atoms with Crippen LogP contribution in [0.2, 0.25) is 0 Å². The minimum absolute atomic E-state index is 0.119. The van der Waals surface area contributed by atoms with E-state index in [0.29, 0.717) is 34.9 Å². The third-order valence-electron chi connectivity index (χ3n) is 9.11. The van der Waals surface area contributed by atoms with Gasteiger partial charge in [0.2, 0.25) is 0 Å². The minimum atomic E-state index is -0.502. The van der Waals surface area contributed by atoms with Crippen molar-refractivity contribution in [2.75, 3.05) is 0 Å². The smallest absolute Gasteiger partial charge is 0.163 e. The van der Waals surface area contributed by atoms with E-state index in [1.54, 1.807) is 0 Å². The first-order valence-electron chi connectivity index (χ1n) is 10.7. The zero-order valence-electron chi connectivity index (χ0n) is 16.3. The molecule has 0 aromatic rings. The predicted octanol–water partition coefficient (Wildman–Crippen LogP) is 4.73. The van der Waals surface area contributed by atoms with E-state index in [1.165, 1.54) is 32.1 Å². The van der Waals surface area contributed by atoms with Crippen molar-refractivity contribution in [3.63, 3.8) is 0 Å². The predicted molar refractivity (Wildman–Crippen MR) is 95.9 cm³/mol. The van der Waals surface area contributed by atoms with Gasteiger partial charge in [-0.25, -0.2) is 0 Å². The first-order valence-corrected chi connectivity index (χ1v) is 10.7. The summed E-state index contributed by atoms with van der Waals surface area (Å²) in [5.41, 5.74) is 0.278. The summed E-state index contributed by atoms with van der Waals surface area (Å²) in [6.07, 6.45) is 9.80. The van der Waals surface area contributed by atoms with E-state index in [-0.39, 0.29) is 17.6 Å². The maximum Gasteiger partial charge on any atom is 0.163 e. The summed E-state index contributed by atoms with van der Waals surface area (Å²) < 4.78 is 13.1. The van der Waals surface area contributed by atoms with Crippen molar-refractivity contribution in [3.8, 4) is 0 Å². The molecule has 0 radical (unpaired) electrons. The van der Waals surface area contributed by atoms with Gasteiger partial charge in [-0.05, 0) is 75.5 Å². The van der Waals surface area contributed by atoms with Crippen molar-refractivity contribution in [2.45, 2.75) is 97.1 Å². The molecule has 5 fully saturated rings. The molecular formula is C22H34O3. The Kier molecular flexibility index (Phi) is 3.41. The number of Topliss-reactive ketones (excluding diaryl/α,β-unsaturated/α-hetero) is 1. The Morgan fingerprint density at radius 3 is 2.36 bits per heavy atom. The summed E-state index contributed by atoms with van der Waals surface area (Å²) >= 11 is 0. The molecule has 1 heterocycles. The number of fused-ring (bicyclic) bond motifs is 8. The van der Waals surface area contributed by atoms with E-state index in [0.717, 1.165) is 19.3 Å². The van der Waals surface area contributed by atoms with Crippen molar-refractivity contribution in [2.24, 2.45) is 34.5 Å². The number of ether oxygens (including phenoxy) is 2. The van der Waals surface area contributed by atoms with Crippen LogP contribution in [0.25, 0.3) is 0 Å². The van der Waals surface area contributed by atoms with E-state index in [1.807, 2.05) is 0 Å². The third kappa shape index (κ3) is 2.09. The fraction of sp³-hybridized carbons (Fsp3) is 0.955. The molecule has 4 saturated carbocycles. The average molecular weight is 347 g/mol. The van der Waals surface area contributed by atoms with Gasteiger partial charge in [-0.1, -0.05) is 20.3 Å². The van der Waals surface area contributed by atoms with Crippen LogP contribution in [0.15, 0.2) is 0 Å². The number of ketones is 1. The number of carbonyl (C=O) groups excluding carboxylic acids is 1. The summed E-state index contributed by atoms with van der Waals surface area (Å²) in [6.45, 7) is 8.95. The topological polar surface area (TPSA) is 35.5 Å². The molecule has 0 aromatic carbocycles. The monoisotopic (exact) mass is 346 g/mol. The quantitative estimate of drug-likeness (QED) is 0.636. The Morgan fingerprint density at radius 1 is 0.840 bits per heavy atom. The van der Waals surface area contributed by atoms with Crippen molar-refractivity contribution in [3.05, 3.63) is 0 Å². The molecule has 25 heavy (non-hydrogen) atoms. The SMILES string of the molecule is CC1(C)O[C@@H]2C3C4CCC[C@@]4(C)CCC3[C@@]3(C)C(=O)CCCC3[C@H]2O1. The van der Waals surface area contributed by atoms with Crippen LogP contribution in [-0.2, 0) is 14.3 Å². The summed E-state index contributed by atoms with van der Waals surface area (Å²) in [4.78, 5) is 13.2. The maximum absolute atomic E-state index is 13.2. The standard InChI is InChI=1S/C22H34O3/c1-20(2)24-18-15-7-5-9-16(23)22(15,4)14-10-12-21(3)11-6-8-13(21)17(14)19(18)25-20/h13-15,17-19H,5-12H2,1-4H3/t13?,14?,15?,17?,18-,19-,21+,22-/m1/s1. The van der Waals surface area contributed by atoms with Crippen LogP contribution in [0.3, 0.4) is 0 Å². The van der Waals surface area contributed by atoms with Gasteiger partial charge in [-0.2, -0.15) is 0 Å². The lowest BCUT2D eigenvalue weighted by molar-refractivity contribution is -0.182. The highest BCUT2D eigenvalue weighted by molar-refractivity contribution is 5.86. The van der Waals surface area contributed by atoms with E-state index in [2.05, 4.69) is 27.7 Å². The average Bonchev–Trinajstić information content (AvgIpc) is 3.08. The zero-order chi connectivity index (χ0) is 17.6. The second kappa shape index (κ2) is 5.10. The van der Waals surface area contributed by atoms with Gasteiger partial charge in [0.15, 0.2) is 5.79 Å². The van der Waals surface area contributed by atoms with Crippen LogP contribution in [0, 0.1) is 34.5 Å². The summed E-state index contributed by atoms with van der Waals surface area (Å²) in [7, 11) is 0. The molecule has 0 aromatic heterocycles. The molecule has 0 N–H and O–H groups in total. The highest BCUT2D eigenvalue weighted by Crippen LogP contribution is 2.67. The molecule has 0 spiro atoms. The van der Waals surface area contributed by atoms with Crippen LogP contribution >= 0.6 is 0 Å². The lowest BCUT2D eigenvalue weighted by Crippen LogP contribution is -2.64. The molecule has 0 bridgehead atoms. The van der Waals surface area contributed by atoms with Crippen molar-refractivity contribution >= 4 is 5.78 Å². The first kappa shape index (κ1) is 16.7. The van der Waals surface area contributed by atoms with Gasteiger partial charge in [0.25, 0.3) is 0 Å². The van der Waals surface area contributed by atoms with Crippen molar-refractivity contribution in [1.82, 2.24) is 0 Å². The largest absolute Gasteiger partial charge is 0.344 e. The van der Waals surface area contributed by atoms with Crippen LogP contribution in [0.5, 0.6) is 0 Å². The molecule has 140 valence electrons. The van der Waals surface area contributed by atoms with Gasteiger partial charge < -0.3 is 9.47 Å². The minimum Gasteiger partial charge on any atom is -0.344 e. The number of hydrogen-bond donors (Lipinski definition) is 0. The van der Waals surface area contributed by atoms with Gasteiger partial charge in [0, 0.05) is 17.8 Å². The van der Waals surface area contributed by atoms with E-state index < -0.39 is 5.79 Å². The normalized spacial score (nSPS) is 56.7. The molecule has 3 heteroatoms. The summed E-state index contributed by atoms with van der Waals surface area (Å²) in [5.74, 6) is 2.10. The van der Waals surface area contributed by atoms with Gasteiger partial charge >= 0.3 is 0 Å². The fourth-order valence-electron chi connectivity index (χ4n) is 8.01. The third-order valence-corrected chi connectivity index (χ3v) is 9.11. The second-order valence-electron chi connectivity index (χ2n) is 10.6. The van der Waals surface area contributed by atoms with Crippen LogP contribution in [0.4, 0.5) is 0 Å². The molecule has 5 rings (SSSR count). The lowest BCUT2D eigenvalue weighted by atomic mass is 9.43. The highest BCUT2D eigenvalue weighted by atomic mass is 16.8. The van der Waals surface area contributed by atoms with Gasteiger partial charge in [0.1, 0.15) is 5.78 Å². The number of hydrogen-bond acceptors (Lipinski definition) is 3. The first-order chi connectivity index (χ1) is 11.8. The summed E-state index contributed by atoms with van der Waals surface area (Å²) in [5, 5.41) is 0. The molecule has 0 amide bonds. The van der Waals surface area contributed by atoms with Gasteiger partial charge in [0.05, 0.1) is 12.2 Å². The highest BCUT2D eigenvalue weighted by Gasteiger charge is 2.68. The van der Waals surface area contributed by atoms with E-state index >= 15 is 0 Å². The molecule has 5 aliphatic rings. The van der Waals surface area contributed by atoms with E-state index in [9.17, 15) is 4.79 Å². The van der Waals surface area contributed by atoms with Crippen molar-refractivity contribution < 1.29 is 14.3 Å². The Labute approximate surface area is 152 Å². The van der Waals surface area contributed by atoms with Crippen LogP contribution in [-0.4, -0.2) is 23.8 Å².